The van der Waals surface area contributed by atoms with Gasteiger partial charge in [0.1, 0.15) is 9.88 Å². The number of aryl methyl sites for hydroxylation is 1. The summed E-state index contributed by atoms with van der Waals surface area (Å²) < 4.78 is 5.48. The molecule has 6 heteroatoms. The molecule has 114 valence electrons. The number of nitrogens with zero attached hydrogens (tertiary/aromatic N) is 3. The summed E-state index contributed by atoms with van der Waals surface area (Å²) in [5.41, 5.74) is 6.57. The molecule has 0 spiro atoms. The second-order valence-electron chi connectivity index (χ2n) is 5.82. The fourth-order valence-electron chi connectivity index (χ4n) is 3.13. The van der Waals surface area contributed by atoms with E-state index in [4.69, 9.17) is 10.3 Å². The predicted molar refractivity (Wildman–Crippen MR) is 83.0 cm³/mol. The van der Waals surface area contributed by atoms with Gasteiger partial charge in [0, 0.05) is 12.5 Å². The summed E-state index contributed by atoms with van der Waals surface area (Å²) in [6.45, 7) is 4.68. The van der Waals surface area contributed by atoms with Gasteiger partial charge >= 0.3 is 0 Å². The van der Waals surface area contributed by atoms with Gasteiger partial charge in [-0.2, -0.15) is 4.98 Å². The molecule has 0 aromatic carbocycles. The zero-order valence-corrected chi connectivity index (χ0v) is 13.4. The zero-order valence-electron chi connectivity index (χ0n) is 12.6. The van der Waals surface area contributed by atoms with Crippen LogP contribution in [0.25, 0.3) is 10.8 Å². The van der Waals surface area contributed by atoms with E-state index in [9.17, 15) is 0 Å². The molecule has 1 aliphatic rings. The Morgan fingerprint density at radius 1 is 1.33 bits per heavy atom. The number of rotatable bonds is 4. The van der Waals surface area contributed by atoms with Crippen molar-refractivity contribution in [2.45, 2.75) is 58.4 Å². The molecule has 0 radical (unpaired) electrons. The highest BCUT2D eigenvalue weighted by molar-refractivity contribution is 7.15. The van der Waals surface area contributed by atoms with Crippen LogP contribution in [-0.4, -0.2) is 15.1 Å². The molecular formula is C15H22N4OS. The van der Waals surface area contributed by atoms with Crippen LogP contribution in [0.1, 0.15) is 61.5 Å². The van der Waals surface area contributed by atoms with E-state index in [0.29, 0.717) is 18.4 Å². The monoisotopic (exact) mass is 306 g/mol. The standard InChI is InChI=1S/C15H22N4OS/c1-3-10-5-4-6-11(7-10)14-18-15(20-19-14)13-9(2)17-12(8-16)21-13/h10-11H,3-8,16H2,1-2H3. The van der Waals surface area contributed by atoms with Crippen molar-refractivity contribution in [3.8, 4) is 10.8 Å². The highest BCUT2D eigenvalue weighted by Crippen LogP contribution is 2.37. The van der Waals surface area contributed by atoms with Gasteiger partial charge < -0.3 is 10.3 Å². The minimum Gasteiger partial charge on any atom is -0.333 e. The molecule has 2 unspecified atom stereocenters. The third-order valence-electron chi connectivity index (χ3n) is 4.38. The summed E-state index contributed by atoms with van der Waals surface area (Å²) in [7, 11) is 0. The zero-order chi connectivity index (χ0) is 14.8. The molecular weight excluding hydrogens is 284 g/mol. The van der Waals surface area contributed by atoms with Gasteiger partial charge in [-0.3, -0.25) is 0 Å². The van der Waals surface area contributed by atoms with E-state index in [2.05, 4.69) is 22.0 Å². The van der Waals surface area contributed by atoms with E-state index in [0.717, 1.165) is 27.3 Å². The molecule has 2 aromatic rings. The molecule has 2 N–H and O–H groups in total. The van der Waals surface area contributed by atoms with Gasteiger partial charge in [0.25, 0.3) is 5.89 Å². The fraction of sp³-hybridized carbons (Fsp3) is 0.667. The van der Waals surface area contributed by atoms with Crippen molar-refractivity contribution >= 4 is 11.3 Å². The molecule has 0 saturated heterocycles. The predicted octanol–water partition coefficient (Wildman–Crippen LogP) is 3.64. The third-order valence-corrected chi connectivity index (χ3v) is 5.54. The van der Waals surface area contributed by atoms with Crippen LogP contribution >= 0.6 is 11.3 Å². The Hall–Kier alpha value is -1.27. The number of nitrogens with two attached hydrogens (primary N) is 1. The lowest BCUT2D eigenvalue weighted by molar-refractivity contribution is 0.300. The Labute approximate surface area is 129 Å². The molecule has 5 nitrogen and oxygen atoms in total. The maximum Gasteiger partial charge on any atom is 0.269 e. The Morgan fingerprint density at radius 3 is 2.90 bits per heavy atom. The van der Waals surface area contributed by atoms with E-state index < -0.39 is 0 Å². The SMILES string of the molecule is CCC1CCCC(c2noc(-c3sc(CN)nc3C)n2)C1. The summed E-state index contributed by atoms with van der Waals surface area (Å²) in [6, 6.07) is 0. The molecule has 2 heterocycles. The van der Waals surface area contributed by atoms with Gasteiger partial charge in [0.05, 0.1) is 5.69 Å². The Morgan fingerprint density at radius 2 is 2.19 bits per heavy atom. The van der Waals surface area contributed by atoms with Crippen molar-refractivity contribution in [1.29, 1.82) is 0 Å². The first-order valence-corrected chi connectivity index (χ1v) is 8.53. The highest BCUT2D eigenvalue weighted by atomic mass is 32.1. The first-order chi connectivity index (χ1) is 10.2. The fourth-order valence-corrected chi connectivity index (χ4v) is 3.99. The van der Waals surface area contributed by atoms with Gasteiger partial charge in [-0.25, -0.2) is 4.98 Å². The van der Waals surface area contributed by atoms with Gasteiger partial charge in [0.2, 0.25) is 0 Å². The molecule has 1 saturated carbocycles. The first-order valence-electron chi connectivity index (χ1n) is 7.71. The van der Waals surface area contributed by atoms with E-state index in [1.165, 1.54) is 32.1 Å². The van der Waals surface area contributed by atoms with Crippen molar-refractivity contribution in [3.63, 3.8) is 0 Å². The molecule has 2 atom stereocenters. The van der Waals surface area contributed by atoms with Crippen LogP contribution < -0.4 is 5.73 Å². The lowest BCUT2D eigenvalue weighted by Gasteiger charge is -2.26. The quantitative estimate of drug-likeness (QED) is 0.933. The van der Waals surface area contributed by atoms with Crippen LogP contribution in [0.15, 0.2) is 4.52 Å². The van der Waals surface area contributed by atoms with Crippen LogP contribution in [0, 0.1) is 12.8 Å². The minimum absolute atomic E-state index is 0.448. The van der Waals surface area contributed by atoms with E-state index in [1.807, 2.05) is 6.92 Å². The lowest BCUT2D eigenvalue weighted by Crippen LogP contribution is -2.14. The largest absolute Gasteiger partial charge is 0.333 e. The molecule has 0 amide bonds. The van der Waals surface area contributed by atoms with Crippen molar-refractivity contribution in [2.24, 2.45) is 11.7 Å². The van der Waals surface area contributed by atoms with Crippen LogP contribution in [0.5, 0.6) is 0 Å². The van der Waals surface area contributed by atoms with Crippen molar-refractivity contribution in [1.82, 2.24) is 15.1 Å². The Balaban J connectivity index is 1.81. The van der Waals surface area contributed by atoms with Gasteiger partial charge in [0.15, 0.2) is 5.82 Å². The smallest absolute Gasteiger partial charge is 0.269 e. The number of aromatic nitrogens is 3. The summed E-state index contributed by atoms with van der Waals surface area (Å²) >= 11 is 1.55. The van der Waals surface area contributed by atoms with Crippen LogP contribution in [-0.2, 0) is 6.54 Å². The summed E-state index contributed by atoms with van der Waals surface area (Å²) in [5, 5.41) is 5.13. The molecule has 1 fully saturated rings. The van der Waals surface area contributed by atoms with Crippen LogP contribution in [0.3, 0.4) is 0 Å². The number of thiazole rings is 1. The minimum atomic E-state index is 0.448. The average molecular weight is 306 g/mol. The van der Waals surface area contributed by atoms with E-state index >= 15 is 0 Å². The lowest BCUT2D eigenvalue weighted by atomic mass is 9.80. The van der Waals surface area contributed by atoms with E-state index in [1.54, 1.807) is 11.3 Å². The number of hydrogen-bond donors (Lipinski definition) is 1. The average Bonchev–Trinajstić information content (AvgIpc) is 3.13. The topological polar surface area (TPSA) is 77.8 Å². The van der Waals surface area contributed by atoms with Crippen LogP contribution in [0.2, 0.25) is 0 Å². The maximum absolute atomic E-state index is 5.64. The maximum atomic E-state index is 5.64. The van der Waals surface area contributed by atoms with Gasteiger partial charge in [-0.15, -0.1) is 11.3 Å². The Kier molecular flexibility index (Phi) is 4.35. The molecule has 0 bridgehead atoms. The molecule has 21 heavy (non-hydrogen) atoms. The summed E-state index contributed by atoms with van der Waals surface area (Å²) in [4.78, 5) is 10.0. The normalized spacial score (nSPS) is 22.6. The molecule has 1 aliphatic carbocycles. The number of hydrogen-bond acceptors (Lipinski definition) is 6. The van der Waals surface area contributed by atoms with Crippen molar-refractivity contribution in [2.75, 3.05) is 0 Å². The summed E-state index contributed by atoms with van der Waals surface area (Å²) in [5.74, 6) is 2.71. The Bertz CT molecular complexity index is 607. The molecule has 0 aliphatic heterocycles. The van der Waals surface area contributed by atoms with Gasteiger partial charge in [-0.1, -0.05) is 31.3 Å². The second kappa shape index (κ2) is 6.23. The highest BCUT2D eigenvalue weighted by Gasteiger charge is 2.26. The first kappa shape index (κ1) is 14.7. The van der Waals surface area contributed by atoms with Crippen molar-refractivity contribution < 1.29 is 4.52 Å². The second-order valence-corrected chi connectivity index (χ2v) is 6.91. The third kappa shape index (κ3) is 3.01. The van der Waals surface area contributed by atoms with E-state index in [-0.39, 0.29) is 0 Å². The molecule has 3 rings (SSSR count). The van der Waals surface area contributed by atoms with Crippen LogP contribution in [0.4, 0.5) is 0 Å². The summed E-state index contributed by atoms with van der Waals surface area (Å²) in [6.07, 6.45) is 6.21. The van der Waals surface area contributed by atoms with Gasteiger partial charge in [-0.05, 0) is 25.7 Å². The molecule has 2 aromatic heterocycles. The van der Waals surface area contributed by atoms with Crippen molar-refractivity contribution in [3.05, 3.63) is 16.5 Å².